The number of halogens is 1. The van der Waals surface area contributed by atoms with E-state index in [-0.39, 0.29) is 18.3 Å². The van der Waals surface area contributed by atoms with Crippen LogP contribution in [0.4, 0.5) is 0 Å². The van der Waals surface area contributed by atoms with E-state index in [0.29, 0.717) is 18.7 Å². The Kier molecular flexibility index (Phi) is 8.07. The molecule has 16 heavy (non-hydrogen) atoms. The lowest BCUT2D eigenvalue weighted by Gasteiger charge is -2.04. The molecule has 0 aliphatic carbocycles. The molecule has 1 rings (SSSR count). The molecule has 3 nitrogen and oxygen atoms in total. The normalized spacial score (nSPS) is 9.38. The van der Waals surface area contributed by atoms with Gasteiger partial charge in [0.05, 0.1) is 0 Å². The maximum absolute atomic E-state index is 11.5. The number of benzene rings is 1. The van der Waals surface area contributed by atoms with Crippen molar-refractivity contribution in [3.8, 4) is 0 Å². The predicted octanol–water partition coefficient (Wildman–Crippen LogP) is 1.66. The molecule has 0 aliphatic rings. The van der Waals surface area contributed by atoms with E-state index < -0.39 is 0 Å². The average molecular weight is 261 g/mol. The molecule has 0 fully saturated rings. The van der Waals surface area contributed by atoms with E-state index in [1.54, 1.807) is 11.8 Å². The molecular formula is C11H17ClN2OS. The number of hydrogen-bond acceptors (Lipinski definition) is 3. The number of carbonyl (C=O) groups is 1. The Balaban J connectivity index is 0.00000225. The van der Waals surface area contributed by atoms with E-state index in [4.69, 9.17) is 5.73 Å². The Morgan fingerprint density at radius 2 is 2.00 bits per heavy atom. The third-order valence-corrected chi connectivity index (χ3v) is 2.58. The highest BCUT2D eigenvalue weighted by Gasteiger charge is 2.03. The van der Waals surface area contributed by atoms with Crippen LogP contribution < -0.4 is 11.1 Å². The van der Waals surface area contributed by atoms with Gasteiger partial charge in [-0.1, -0.05) is 12.1 Å². The van der Waals surface area contributed by atoms with Crippen molar-refractivity contribution in [2.75, 3.05) is 19.3 Å². The fourth-order valence-corrected chi connectivity index (χ4v) is 1.73. The minimum atomic E-state index is -0.0591. The molecule has 3 N–H and O–H groups in total. The van der Waals surface area contributed by atoms with E-state index >= 15 is 0 Å². The summed E-state index contributed by atoms with van der Waals surface area (Å²) < 4.78 is 0. The van der Waals surface area contributed by atoms with Crippen LogP contribution in [0.3, 0.4) is 0 Å². The molecular weight excluding hydrogens is 244 g/mol. The summed E-state index contributed by atoms with van der Waals surface area (Å²) in [5.41, 5.74) is 7.22. The van der Waals surface area contributed by atoms with Gasteiger partial charge in [-0.3, -0.25) is 4.79 Å². The summed E-state index contributed by atoms with van der Waals surface area (Å²) in [6.45, 7) is 0.988. The molecule has 90 valence electrons. The molecule has 0 radical (unpaired) electrons. The van der Waals surface area contributed by atoms with E-state index in [1.807, 2.05) is 24.3 Å². The number of nitrogens with one attached hydrogen (secondary N) is 1. The summed E-state index contributed by atoms with van der Waals surface area (Å²) in [6.07, 6.45) is 2.06. The van der Waals surface area contributed by atoms with Gasteiger partial charge in [0.15, 0.2) is 0 Å². The second-order valence-electron chi connectivity index (χ2n) is 3.17. The molecule has 1 aromatic rings. The number of rotatable bonds is 5. The van der Waals surface area contributed by atoms with Gasteiger partial charge < -0.3 is 11.1 Å². The molecule has 0 bridgehead atoms. The van der Waals surface area contributed by atoms with Crippen molar-refractivity contribution in [3.63, 3.8) is 0 Å². The molecule has 0 saturated heterocycles. The lowest BCUT2D eigenvalue weighted by molar-refractivity contribution is 0.0955. The third kappa shape index (κ3) is 4.88. The Morgan fingerprint density at radius 3 is 2.50 bits per heavy atom. The van der Waals surface area contributed by atoms with Crippen LogP contribution in [0.1, 0.15) is 15.9 Å². The lowest BCUT2D eigenvalue weighted by Crippen LogP contribution is -2.28. The molecule has 0 aromatic heterocycles. The molecule has 0 aliphatic heterocycles. The quantitative estimate of drug-likeness (QED) is 0.847. The molecule has 0 unspecified atom stereocenters. The Hall–Kier alpha value is -0.710. The zero-order valence-electron chi connectivity index (χ0n) is 9.23. The van der Waals surface area contributed by atoms with Crippen LogP contribution in [0.5, 0.6) is 0 Å². The molecule has 0 spiro atoms. The van der Waals surface area contributed by atoms with Crippen LogP contribution in [-0.4, -0.2) is 25.3 Å². The van der Waals surface area contributed by atoms with E-state index in [9.17, 15) is 4.79 Å². The van der Waals surface area contributed by atoms with Crippen molar-refractivity contribution in [2.24, 2.45) is 5.73 Å². The second kappa shape index (κ2) is 8.44. The maximum atomic E-state index is 11.5. The highest BCUT2D eigenvalue weighted by molar-refractivity contribution is 7.97. The SMILES string of the molecule is CSCc1ccc(C(=O)NCCN)cc1.Cl. The number of nitrogens with two attached hydrogens (primary N) is 1. The van der Waals surface area contributed by atoms with Crippen molar-refractivity contribution in [2.45, 2.75) is 5.75 Å². The second-order valence-corrected chi connectivity index (χ2v) is 4.04. The number of thioether (sulfide) groups is 1. The van der Waals surface area contributed by atoms with Gasteiger partial charge in [-0.25, -0.2) is 0 Å². The minimum Gasteiger partial charge on any atom is -0.351 e. The zero-order chi connectivity index (χ0) is 11.1. The fourth-order valence-electron chi connectivity index (χ4n) is 1.21. The average Bonchev–Trinajstić information content (AvgIpc) is 2.27. The molecule has 5 heteroatoms. The summed E-state index contributed by atoms with van der Waals surface area (Å²) in [6, 6.07) is 7.65. The maximum Gasteiger partial charge on any atom is 0.251 e. The first-order valence-corrected chi connectivity index (χ1v) is 6.23. The zero-order valence-corrected chi connectivity index (χ0v) is 10.9. The summed E-state index contributed by atoms with van der Waals surface area (Å²) in [5.74, 6) is 0.918. The van der Waals surface area contributed by atoms with Gasteiger partial charge in [-0.05, 0) is 24.0 Å². The van der Waals surface area contributed by atoms with Gasteiger partial charge in [-0.2, -0.15) is 11.8 Å². The van der Waals surface area contributed by atoms with Crippen molar-refractivity contribution in [1.82, 2.24) is 5.32 Å². The van der Waals surface area contributed by atoms with Gasteiger partial charge in [0, 0.05) is 24.4 Å². The molecule has 0 saturated carbocycles. The van der Waals surface area contributed by atoms with Gasteiger partial charge in [-0.15, -0.1) is 12.4 Å². The lowest BCUT2D eigenvalue weighted by atomic mass is 10.1. The fraction of sp³-hybridized carbons (Fsp3) is 0.364. The van der Waals surface area contributed by atoms with Crippen LogP contribution >= 0.6 is 24.2 Å². The summed E-state index contributed by atoms with van der Waals surface area (Å²) in [5, 5.41) is 2.73. The molecule has 1 aromatic carbocycles. The van der Waals surface area contributed by atoms with Crippen molar-refractivity contribution in [1.29, 1.82) is 0 Å². The summed E-state index contributed by atoms with van der Waals surface area (Å²) in [7, 11) is 0. The smallest absolute Gasteiger partial charge is 0.251 e. The molecule has 1 amide bonds. The number of carbonyl (C=O) groups excluding carboxylic acids is 1. The van der Waals surface area contributed by atoms with E-state index in [0.717, 1.165) is 5.75 Å². The highest BCUT2D eigenvalue weighted by atomic mass is 35.5. The largest absolute Gasteiger partial charge is 0.351 e. The summed E-state index contributed by atoms with van der Waals surface area (Å²) in [4.78, 5) is 11.5. The van der Waals surface area contributed by atoms with Crippen molar-refractivity contribution >= 4 is 30.1 Å². The monoisotopic (exact) mass is 260 g/mol. The van der Waals surface area contributed by atoms with Crippen molar-refractivity contribution < 1.29 is 4.79 Å². The Morgan fingerprint density at radius 1 is 1.38 bits per heavy atom. The first-order valence-electron chi connectivity index (χ1n) is 4.84. The highest BCUT2D eigenvalue weighted by Crippen LogP contribution is 2.10. The Labute approximate surface area is 107 Å². The third-order valence-electron chi connectivity index (χ3n) is 1.96. The first-order chi connectivity index (χ1) is 7.27. The Bertz CT molecular complexity index is 316. The van der Waals surface area contributed by atoms with Gasteiger partial charge in [0.2, 0.25) is 0 Å². The van der Waals surface area contributed by atoms with E-state index in [1.165, 1.54) is 5.56 Å². The van der Waals surface area contributed by atoms with Gasteiger partial charge >= 0.3 is 0 Å². The van der Waals surface area contributed by atoms with Gasteiger partial charge in [0.25, 0.3) is 5.91 Å². The molecule has 0 heterocycles. The standard InChI is InChI=1S/C11H16N2OS.ClH/c1-15-8-9-2-4-10(5-3-9)11(14)13-7-6-12;/h2-5H,6-8,12H2,1H3,(H,13,14);1H. The predicted molar refractivity (Wildman–Crippen MR) is 72.3 cm³/mol. The number of amides is 1. The van der Waals surface area contributed by atoms with E-state index in [2.05, 4.69) is 11.6 Å². The van der Waals surface area contributed by atoms with Crippen LogP contribution in [0.2, 0.25) is 0 Å². The summed E-state index contributed by atoms with van der Waals surface area (Å²) >= 11 is 1.77. The van der Waals surface area contributed by atoms with Gasteiger partial charge in [0.1, 0.15) is 0 Å². The van der Waals surface area contributed by atoms with Crippen LogP contribution in [0.15, 0.2) is 24.3 Å². The minimum absolute atomic E-state index is 0. The first kappa shape index (κ1) is 15.3. The van der Waals surface area contributed by atoms with Crippen LogP contribution in [0.25, 0.3) is 0 Å². The topological polar surface area (TPSA) is 55.1 Å². The van der Waals surface area contributed by atoms with Crippen molar-refractivity contribution in [3.05, 3.63) is 35.4 Å². The van der Waals surface area contributed by atoms with Crippen LogP contribution in [-0.2, 0) is 5.75 Å². The number of hydrogen-bond donors (Lipinski definition) is 2. The van der Waals surface area contributed by atoms with Crippen LogP contribution in [0, 0.1) is 0 Å². The molecule has 0 atom stereocenters.